The molecule has 110 valence electrons. The molecule has 2 bridgehead atoms. The van der Waals surface area contributed by atoms with Crippen molar-refractivity contribution in [2.24, 2.45) is 0 Å². The highest BCUT2D eigenvalue weighted by molar-refractivity contribution is 5.50. The number of anilines is 1. The molecule has 20 heavy (non-hydrogen) atoms. The number of alkyl halides is 3. The third-order valence-electron chi connectivity index (χ3n) is 4.14. The van der Waals surface area contributed by atoms with Crippen molar-refractivity contribution < 1.29 is 17.6 Å². The van der Waals surface area contributed by atoms with Crippen molar-refractivity contribution in [3.8, 4) is 0 Å². The molecule has 2 heterocycles. The molecule has 2 nitrogen and oxygen atoms in total. The maximum Gasteiger partial charge on any atom is 0.416 e. The Morgan fingerprint density at radius 1 is 1.10 bits per heavy atom. The largest absolute Gasteiger partial charge is 0.416 e. The van der Waals surface area contributed by atoms with Crippen LogP contribution in [0.5, 0.6) is 0 Å². The van der Waals surface area contributed by atoms with Crippen LogP contribution in [0.1, 0.15) is 24.8 Å². The summed E-state index contributed by atoms with van der Waals surface area (Å²) in [5.74, 6) is -0.794. The highest BCUT2D eigenvalue weighted by Gasteiger charge is 2.33. The number of nitrogens with one attached hydrogen (secondary N) is 1. The number of rotatable bonds is 1. The van der Waals surface area contributed by atoms with Crippen LogP contribution < -0.4 is 10.2 Å². The Balaban J connectivity index is 1.83. The van der Waals surface area contributed by atoms with Crippen LogP contribution in [0.3, 0.4) is 0 Å². The fourth-order valence-electron chi connectivity index (χ4n) is 3.10. The van der Waals surface area contributed by atoms with Gasteiger partial charge >= 0.3 is 6.18 Å². The summed E-state index contributed by atoms with van der Waals surface area (Å²) in [6, 6.07) is 3.56. The van der Waals surface area contributed by atoms with Gasteiger partial charge in [0.25, 0.3) is 0 Å². The highest BCUT2D eigenvalue weighted by atomic mass is 19.4. The van der Waals surface area contributed by atoms with Crippen molar-refractivity contribution in [1.82, 2.24) is 5.32 Å². The van der Waals surface area contributed by atoms with E-state index in [-0.39, 0.29) is 5.69 Å². The Morgan fingerprint density at radius 3 is 2.55 bits per heavy atom. The molecule has 0 radical (unpaired) electrons. The molecule has 2 aliphatic rings. The first-order valence-corrected chi connectivity index (χ1v) is 6.81. The molecular formula is C14H16F4N2. The molecule has 2 aliphatic heterocycles. The molecule has 1 aromatic carbocycles. The Kier molecular flexibility index (Phi) is 3.36. The fraction of sp³-hybridized carbons (Fsp3) is 0.571. The van der Waals surface area contributed by atoms with E-state index in [2.05, 4.69) is 5.32 Å². The Hall–Kier alpha value is -1.30. The lowest BCUT2D eigenvalue weighted by Crippen LogP contribution is -2.35. The van der Waals surface area contributed by atoms with Gasteiger partial charge in [-0.05, 0) is 37.5 Å². The van der Waals surface area contributed by atoms with Crippen molar-refractivity contribution in [1.29, 1.82) is 0 Å². The zero-order chi connectivity index (χ0) is 14.3. The summed E-state index contributed by atoms with van der Waals surface area (Å²) in [4.78, 5) is 1.85. The third kappa shape index (κ3) is 2.61. The number of hydrogen-bond donors (Lipinski definition) is 1. The van der Waals surface area contributed by atoms with Crippen molar-refractivity contribution in [3.63, 3.8) is 0 Å². The number of benzene rings is 1. The predicted octanol–water partition coefficient (Wildman–Crippen LogP) is 3.18. The van der Waals surface area contributed by atoms with E-state index >= 15 is 0 Å². The van der Waals surface area contributed by atoms with Crippen LogP contribution in [0.4, 0.5) is 23.2 Å². The van der Waals surface area contributed by atoms with Crippen LogP contribution in [0.2, 0.25) is 0 Å². The van der Waals surface area contributed by atoms with Gasteiger partial charge in [-0.1, -0.05) is 0 Å². The van der Waals surface area contributed by atoms with E-state index in [0.717, 1.165) is 25.3 Å². The van der Waals surface area contributed by atoms with Gasteiger partial charge in [-0.15, -0.1) is 0 Å². The standard InChI is InChI=1S/C14H16F4N2/c15-12-7-9(14(16,17)18)1-4-13(12)20-6-5-10-2-3-11(8-20)19-10/h1,4,7,10-11,19H,2-3,5-6,8H2. The van der Waals surface area contributed by atoms with E-state index in [0.29, 0.717) is 31.2 Å². The van der Waals surface area contributed by atoms with Gasteiger partial charge < -0.3 is 10.2 Å². The summed E-state index contributed by atoms with van der Waals surface area (Å²) in [6.45, 7) is 1.33. The van der Waals surface area contributed by atoms with E-state index in [1.165, 1.54) is 6.07 Å². The van der Waals surface area contributed by atoms with Gasteiger partial charge in [-0.2, -0.15) is 13.2 Å². The Morgan fingerprint density at radius 2 is 1.85 bits per heavy atom. The number of halogens is 4. The first kappa shape index (κ1) is 13.7. The summed E-state index contributed by atoms with van der Waals surface area (Å²) in [5.41, 5.74) is -0.666. The zero-order valence-electron chi connectivity index (χ0n) is 10.9. The van der Waals surface area contributed by atoms with Gasteiger partial charge in [0.1, 0.15) is 5.82 Å². The van der Waals surface area contributed by atoms with Gasteiger partial charge in [-0.3, -0.25) is 0 Å². The van der Waals surface area contributed by atoms with Crippen LogP contribution >= 0.6 is 0 Å². The maximum atomic E-state index is 14.0. The van der Waals surface area contributed by atoms with E-state index in [4.69, 9.17) is 0 Å². The van der Waals surface area contributed by atoms with E-state index in [1.807, 2.05) is 4.90 Å². The van der Waals surface area contributed by atoms with Gasteiger partial charge in [0.05, 0.1) is 11.3 Å². The SMILES string of the molecule is Fc1cc(C(F)(F)F)ccc1N1CCC2CCC(C1)N2. The number of fused-ring (bicyclic) bond motifs is 2. The monoisotopic (exact) mass is 288 g/mol. The van der Waals surface area contributed by atoms with E-state index in [9.17, 15) is 17.6 Å². The lowest BCUT2D eigenvalue weighted by Gasteiger charge is -2.27. The molecule has 2 unspecified atom stereocenters. The molecule has 0 spiro atoms. The molecular weight excluding hydrogens is 272 g/mol. The van der Waals surface area contributed by atoms with Gasteiger partial charge in [0.15, 0.2) is 0 Å². The van der Waals surface area contributed by atoms with Gasteiger partial charge in [0.2, 0.25) is 0 Å². The highest BCUT2D eigenvalue weighted by Crippen LogP contribution is 2.33. The smallest absolute Gasteiger partial charge is 0.368 e. The molecule has 1 aromatic rings. The molecule has 0 amide bonds. The van der Waals surface area contributed by atoms with E-state index in [1.54, 1.807) is 0 Å². The lowest BCUT2D eigenvalue weighted by atomic mass is 10.1. The Labute approximate surface area is 114 Å². The van der Waals surface area contributed by atoms with Gasteiger partial charge in [-0.25, -0.2) is 4.39 Å². The third-order valence-corrected chi connectivity index (χ3v) is 4.14. The summed E-state index contributed by atoms with van der Waals surface area (Å²) in [6.07, 6.45) is -1.42. The molecule has 0 aliphatic carbocycles. The van der Waals surface area contributed by atoms with Crippen LogP contribution in [0.25, 0.3) is 0 Å². The second-order valence-electron chi connectivity index (χ2n) is 5.54. The van der Waals surface area contributed by atoms with Crippen LogP contribution in [-0.2, 0) is 6.18 Å². The molecule has 2 saturated heterocycles. The summed E-state index contributed by atoms with van der Waals surface area (Å²) in [7, 11) is 0. The average Bonchev–Trinajstić information content (AvgIpc) is 2.69. The quantitative estimate of drug-likeness (QED) is 0.799. The second kappa shape index (κ2) is 4.91. The lowest BCUT2D eigenvalue weighted by molar-refractivity contribution is -0.137. The minimum absolute atomic E-state index is 0.271. The van der Waals surface area contributed by atoms with Crippen molar-refractivity contribution in [3.05, 3.63) is 29.6 Å². The minimum atomic E-state index is -4.50. The minimum Gasteiger partial charge on any atom is -0.368 e. The Bertz CT molecular complexity index is 500. The normalized spacial score (nSPS) is 26.7. The van der Waals surface area contributed by atoms with E-state index < -0.39 is 17.6 Å². The molecule has 6 heteroatoms. The molecule has 2 fully saturated rings. The molecule has 0 aromatic heterocycles. The first-order chi connectivity index (χ1) is 9.43. The second-order valence-corrected chi connectivity index (χ2v) is 5.54. The summed E-state index contributed by atoms with van der Waals surface area (Å²) < 4.78 is 51.6. The van der Waals surface area contributed by atoms with Crippen LogP contribution in [0.15, 0.2) is 18.2 Å². The maximum absolute atomic E-state index is 14.0. The van der Waals surface area contributed by atoms with Crippen molar-refractivity contribution in [2.45, 2.75) is 37.5 Å². The molecule has 2 atom stereocenters. The fourth-order valence-corrected chi connectivity index (χ4v) is 3.10. The number of hydrogen-bond acceptors (Lipinski definition) is 2. The summed E-state index contributed by atoms with van der Waals surface area (Å²) >= 11 is 0. The van der Waals surface area contributed by atoms with Crippen LogP contribution in [0, 0.1) is 5.82 Å². The van der Waals surface area contributed by atoms with Crippen molar-refractivity contribution >= 4 is 5.69 Å². The first-order valence-electron chi connectivity index (χ1n) is 6.81. The average molecular weight is 288 g/mol. The summed E-state index contributed by atoms with van der Waals surface area (Å²) in [5, 5.41) is 3.46. The molecule has 0 saturated carbocycles. The zero-order valence-corrected chi connectivity index (χ0v) is 10.9. The molecule has 3 rings (SSSR count). The van der Waals surface area contributed by atoms with Crippen molar-refractivity contribution in [2.75, 3.05) is 18.0 Å². The predicted molar refractivity (Wildman–Crippen MR) is 68.2 cm³/mol. The molecule has 1 N–H and O–H groups in total. The number of nitrogens with zero attached hydrogens (tertiary/aromatic N) is 1. The topological polar surface area (TPSA) is 15.3 Å². The van der Waals surface area contributed by atoms with Gasteiger partial charge in [0, 0.05) is 25.2 Å². The van der Waals surface area contributed by atoms with Crippen LogP contribution in [-0.4, -0.2) is 25.2 Å².